The van der Waals surface area contributed by atoms with Crippen LogP contribution in [0.3, 0.4) is 0 Å². The van der Waals surface area contributed by atoms with Gasteiger partial charge in [0.25, 0.3) is 0 Å². The van der Waals surface area contributed by atoms with E-state index in [2.05, 4.69) is 13.8 Å². The van der Waals surface area contributed by atoms with Gasteiger partial charge < -0.3 is 9.64 Å². The predicted octanol–water partition coefficient (Wildman–Crippen LogP) is 4.44. The number of esters is 1. The molecule has 36 heavy (non-hydrogen) atoms. The zero-order valence-corrected chi connectivity index (χ0v) is 21.0. The van der Waals surface area contributed by atoms with Crippen LogP contribution in [0.15, 0.2) is 42.5 Å². The van der Waals surface area contributed by atoms with E-state index in [1.165, 1.54) is 10.5 Å². The van der Waals surface area contributed by atoms with E-state index in [-0.39, 0.29) is 42.5 Å². The van der Waals surface area contributed by atoms with Crippen LogP contribution < -0.4 is 14.5 Å². The van der Waals surface area contributed by atoms with Crippen molar-refractivity contribution in [2.24, 2.45) is 23.7 Å². The molecule has 2 aliphatic heterocycles. The van der Waals surface area contributed by atoms with Crippen LogP contribution in [0.25, 0.3) is 0 Å². The standard InChI is InChI=1S/C29H32N2O5/c1-4-19-6-8-21(9-7-19)30-16-20(15-26(30)32)29(35)36-22-10-12-25(18(3)14-22)31-27(33)23-11-5-17(2)13-24(23)28(31)34/h6-10,12,14,17,20,23-24H,4-5,11,13,15-16H2,1-3H3/t17-,20+,23+,24+/m0/s1. The summed E-state index contributed by atoms with van der Waals surface area (Å²) in [6, 6.07) is 12.8. The number of rotatable bonds is 5. The monoisotopic (exact) mass is 488 g/mol. The summed E-state index contributed by atoms with van der Waals surface area (Å²) in [5, 5.41) is 0. The summed E-state index contributed by atoms with van der Waals surface area (Å²) in [4.78, 5) is 54.5. The fourth-order valence-corrected chi connectivity index (χ4v) is 5.80. The van der Waals surface area contributed by atoms with E-state index in [1.54, 1.807) is 30.0 Å². The van der Waals surface area contributed by atoms with Crippen molar-refractivity contribution in [3.05, 3.63) is 53.6 Å². The van der Waals surface area contributed by atoms with Crippen LogP contribution in [0.4, 0.5) is 11.4 Å². The fraction of sp³-hybridized carbons (Fsp3) is 0.448. The number of carbonyl (C=O) groups is 4. The third-order valence-corrected chi connectivity index (χ3v) is 7.93. The Labute approximate surface area is 211 Å². The van der Waals surface area contributed by atoms with Gasteiger partial charge in [-0.1, -0.05) is 26.0 Å². The van der Waals surface area contributed by atoms with Gasteiger partial charge in [-0.15, -0.1) is 0 Å². The Balaban J connectivity index is 1.26. The summed E-state index contributed by atoms with van der Waals surface area (Å²) in [6.07, 6.45) is 3.49. The molecule has 0 unspecified atom stereocenters. The molecule has 3 fully saturated rings. The number of nitrogens with zero attached hydrogens (tertiary/aromatic N) is 2. The molecule has 3 aliphatic rings. The van der Waals surface area contributed by atoms with Crippen molar-refractivity contribution in [2.45, 2.75) is 52.9 Å². The minimum atomic E-state index is -0.560. The Kier molecular flexibility index (Phi) is 6.41. The van der Waals surface area contributed by atoms with Crippen LogP contribution in [0, 0.1) is 30.6 Å². The molecule has 0 radical (unpaired) electrons. The molecule has 4 atom stereocenters. The lowest BCUT2D eigenvalue weighted by atomic mass is 9.76. The van der Waals surface area contributed by atoms with Gasteiger partial charge in [-0.05, 0) is 80.0 Å². The lowest BCUT2D eigenvalue weighted by molar-refractivity contribution is -0.139. The Morgan fingerprint density at radius 2 is 1.72 bits per heavy atom. The van der Waals surface area contributed by atoms with E-state index in [0.29, 0.717) is 22.9 Å². The molecule has 0 N–H and O–H groups in total. The lowest BCUT2D eigenvalue weighted by Gasteiger charge is -2.25. The SMILES string of the molecule is CCc1ccc(N2C[C@H](C(=O)Oc3ccc(N4C(=O)[C@@H]5CC[C@H](C)C[C@H]5C4=O)c(C)c3)CC2=O)cc1. The van der Waals surface area contributed by atoms with Gasteiger partial charge in [0, 0.05) is 18.7 Å². The van der Waals surface area contributed by atoms with Gasteiger partial charge in [0.15, 0.2) is 0 Å². The first-order valence-electron chi connectivity index (χ1n) is 12.9. The summed E-state index contributed by atoms with van der Waals surface area (Å²) in [6.45, 7) is 6.28. The molecule has 1 aliphatic carbocycles. The predicted molar refractivity (Wildman–Crippen MR) is 136 cm³/mol. The molecular formula is C29H32N2O5. The molecule has 0 aromatic heterocycles. The van der Waals surface area contributed by atoms with Gasteiger partial charge in [0.1, 0.15) is 5.75 Å². The van der Waals surface area contributed by atoms with E-state index >= 15 is 0 Å². The molecule has 1 saturated carbocycles. The average Bonchev–Trinajstić information content (AvgIpc) is 3.37. The number of hydrogen-bond acceptors (Lipinski definition) is 5. The maximum atomic E-state index is 13.1. The van der Waals surface area contributed by atoms with Crippen molar-refractivity contribution in [1.29, 1.82) is 0 Å². The number of benzene rings is 2. The maximum absolute atomic E-state index is 13.1. The molecule has 0 spiro atoms. The topological polar surface area (TPSA) is 84.0 Å². The van der Waals surface area contributed by atoms with E-state index in [0.717, 1.165) is 31.4 Å². The first-order chi connectivity index (χ1) is 17.3. The summed E-state index contributed by atoms with van der Waals surface area (Å²) >= 11 is 0. The molecule has 7 heteroatoms. The van der Waals surface area contributed by atoms with Gasteiger partial charge in [-0.2, -0.15) is 0 Å². The van der Waals surface area contributed by atoms with E-state index < -0.39 is 11.9 Å². The Morgan fingerprint density at radius 3 is 2.42 bits per heavy atom. The van der Waals surface area contributed by atoms with Crippen LogP contribution >= 0.6 is 0 Å². The molecule has 5 rings (SSSR count). The third kappa shape index (κ3) is 4.31. The number of fused-ring (bicyclic) bond motifs is 1. The van der Waals surface area contributed by atoms with Crippen molar-refractivity contribution in [3.8, 4) is 5.75 Å². The molecule has 2 saturated heterocycles. The summed E-state index contributed by atoms with van der Waals surface area (Å²) in [7, 11) is 0. The van der Waals surface area contributed by atoms with E-state index in [9.17, 15) is 19.2 Å². The van der Waals surface area contributed by atoms with Crippen molar-refractivity contribution in [1.82, 2.24) is 0 Å². The Hall–Kier alpha value is -3.48. The zero-order valence-electron chi connectivity index (χ0n) is 21.0. The minimum Gasteiger partial charge on any atom is -0.426 e. The van der Waals surface area contributed by atoms with Gasteiger partial charge in [0.05, 0.1) is 23.4 Å². The molecule has 2 heterocycles. The van der Waals surface area contributed by atoms with Gasteiger partial charge in [-0.25, -0.2) is 4.90 Å². The van der Waals surface area contributed by atoms with Crippen LogP contribution in [-0.2, 0) is 25.6 Å². The average molecular weight is 489 g/mol. The normalized spacial score (nSPS) is 25.9. The molecule has 188 valence electrons. The molecule has 3 amide bonds. The van der Waals surface area contributed by atoms with Crippen LogP contribution in [-0.4, -0.2) is 30.2 Å². The molecule has 7 nitrogen and oxygen atoms in total. The van der Waals surface area contributed by atoms with Crippen molar-refractivity contribution < 1.29 is 23.9 Å². The van der Waals surface area contributed by atoms with Gasteiger partial charge in [0.2, 0.25) is 17.7 Å². The summed E-state index contributed by atoms with van der Waals surface area (Å²) in [5.74, 6) is -1.06. The number of anilines is 2. The fourth-order valence-electron chi connectivity index (χ4n) is 5.80. The van der Waals surface area contributed by atoms with Gasteiger partial charge in [-0.3, -0.25) is 19.2 Å². The highest BCUT2D eigenvalue weighted by Crippen LogP contribution is 2.43. The van der Waals surface area contributed by atoms with Gasteiger partial charge >= 0.3 is 5.97 Å². The molecule has 2 aromatic carbocycles. The maximum Gasteiger partial charge on any atom is 0.316 e. The highest BCUT2D eigenvalue weighted by Gasteiger charge is 2.50. The quantitative estimate of drug-likeness (QED) is 0.353. The number of carbonyl (C=O) groups excluding carboxylic acids is 4. The summed E-state index contributed by atoms with van der Waals surface area (Å²) < 4.78 is 5.62. The highest BCUT2D eigenvalue weighted by atomic mass is 16.5. The van der Waals surface area contributed by atoms with Crippen molar-refractivity contribution >= 4 is 35.1 Å². The van der Waals surface area contributed by atoms with E-state index in [4.69, 9.17) is 4.74 Å². The van der Waals surface area contributed by atoms with Crippen LogP contribution in [0.2, 0.25) is 0 Å². The first kappa shape index (κ1) is 24.2. The smallest absolute Gasteiger partial charge is 0.316 e. The summed E-state index contributed by atoms with van der Waals surface area (Å²) in [5.41, 5.74) is 3.20. The second-order valence-electron chi connectivity index (χ2n) is 10.4. The lowest BCUT2D eigenvalue weighted by Crippen LogP contribution is -2.31. The zero-order chi connectivity index (χ0) is 25.6. The minimum absolute atomic E-state index is 0.101. The van der Waals surface area contributed by atoms with Crippen molar-refractivity contribution in [3.63, 3.8) is 0 Å². The molecule has 0 bridgehead atoms. The number of aryl methyl sites for hydroxylation is 2. The number of ether oxygens (including phenoxy) is 1. The highest BCUT2D eigenvalue weighted by molar-refractivity contribution is 6.22. The third-order valence-electron chi connectivity index (χ3n) is 7.93. The molecule has 2 aromatic rings. The Morgan fingerprint density at radius 1 is 1.00 bits per heavy atom. The second kappa shape index (κ2) is 9.52. The van der Waals surface area contributed by atoms with Crippen LogP contribution in [0.1, 0.15) is 50.7 Å². The largest absolute Gasteiger partial charge is 0.426 e. The first-order valence-corrected chi connectivity index (χ1v) is 12.9. The number of hydrogen-bond donors (Lipinski definition) is 0. The number of imide groups is 1. The van der Waals surface area contributed by atoms with Crippen LogP contribution in [0.5, 0.6) is 5.75 Å². The van der Waals surface area contributed by atoms with Crippen molar-refractivity contribution in [2.75, 3.05) is 16.3 Å². The number of amides is 3. The molecular weight excluding hydrogens is 456 g/mol. The Bertz CT molecular complexity index is 1220. The second-order valence-corrected chi connectivity index (χ2v) is 10.4. The van der Waals surface area contributed by atoms with E-state index in [1.807, 2.05) is 24.3 Å².